The summed E-state index contributed by atoms with van der Waals surface area (Å²) in [6.45, 7) is 3.01. The molecule has 0 fully saturated rings. The van der Waals surface area contributed by atoms with Crippen LogP contribution in [0.3, 0.4) is 0 Å². The quantitative estimate of drug-likeness (QED) is 0.412. The molecule has 1 aromatic rings. The van der Waals surface area contributed by atoms with Crippen LogP contribution in [0.2, 0.25) is 0 Å². The maximum absolute atomic E-state index is 9.70. The summed E-state index contributed by atoms with van der Waals surface area (Å²) in [5.41, 5.74) is 0.581. The number of hydrogen-bond acceptors (Lipinski definition) is 6. The van der Waals surface area contributed by atoms with Crippen molar-refractivity contribution >= 4 is 6.08 Å². The van der Waals surface area contributed by atoms with Crippen molar-refractivity contribution < 1.29 is 30.6 Å². The summed E-state index contributed by atoms with van der Waals surface area (Å²) < 4.78 is 0. The van der Waals surface area contributed by atoms with E-state index in [1.54, 1.807) is 30.3 Å². The smallest absolute Gasteiger partial charge is 0.139 e. The maximum Gasteiger partial charge on any atom is 0.139 e. The molecular weight excluding hydrogens is 264 g/mol. The van der Waals surface area contributed by atoms with E-state index in [-0.39, 0.29) is 0 Å². The van der Waals surface area contributed by atoms with Gasteiger partial charge in [0.2, 0.25) is 0 Å². The zero-order valence-corrected chi connectivity index (χ0v) is 10.7. The average molecular weight is 282 g/mol. The van der Waals surface area contributed by atoms with E-state index in [4.69, 9.17) is 5.11 Å². The van der Waals surface area contributed by atoms with Gasteiger partial charge in [-0.15, -0.1) is 0 Å². The predicted molar refractivity (Wildman–Crippen MR) is 72.8 cm³/mol. The van der Waals surface area contributed by atoms with Gasteiger partial charge in [0.05, 0.1) is 0 Å². The highest BCUT2D eigenvalue weighted by Crippen LogP contribution is 2.15. The summed E-state index contributed by atoms with van der Waals surface area (Å²) in [5.74, 6) is -1.34. The van der Waals surface area contributed by atoms with E-state index < -0.39 is 35.9 Å². The van der Waals surface area contributed by atoms with Gasteiger partial charge < -0.3 is 30.6 Å². The van der Waals surface area contributed by atoms with Gasteiger partial charge in [0.15, 0.2) is 0 Å². The highest BCUT2D eigenvalue weighted by Gasteiger charge is 2.33. The fraction of sp³-hybridized carbons (Fsp3) is 0.286. The van der Waals surface area contributed by atoms with Crippen LogP contribution in [-0.2, 0) is 0 Å². The Bertz CT molecular complexity index is 470. The minimum absolute atomic E-state index is 0.581. The van der Waals surface area contributed by atoms with Gasteiger partial charge in [-0.2, -0.15) is 0 Å². The molecule has 20 heavy (non-hydrogen) atoms. The van der Waals surface area contributed by atoms with Crippen LogP contribution < -0.4 is 0 Å². The second-order valence-electron chi connectivity index (χ2n) is 4.34. The van der Waals surface area contributed by atoms with Crippen molar-refractivity contribution in [2.75, 3.05) is 0 Å². The van der Waals surface area contributed by atoms with Crippen molar-refractivity contribution in [1.29, 1.82) is 0 Å². The number of aliphatic hydroxyl groups is 6. The van der Waals surface area contributed by atoms with Crippen LogP contribution in [-0.4, -0.2) is 55.1 Å². The second-order valence-corrected chi connectivity index (χ2v) is 4.34. The molecular formula is C14H18O6. The Kier molecular flexibility index (Phi) is 5.72. The first-order valence-electron chi connectivity index (χ1n) is 5.90. The lowest BCUT2D eigenvalue weighted by atomic mass is 10.00. The molecule has 0 aliphatic heterocycles. The van der Waals surface area contributed by atoms with Crippen LogP contribution in [0.4, 0.5) is 0 Å². The summed E-state index contributed by atoms with van der Waals surface area (Å²) in [6.07, 6.45) is -6.23. The first kappa shape index (κ1) is 16.2. The Labute approximate surface area is 116 Å². The van der Waals surface area contributed by atoms with Crippen LogP contribution >= 0.6 is 0 Å². The van der Waals surface area contributed by atoms with E-state index in [0.717, 1.165) is 0 Å². The van der Waals surface area contributed by atoms with Gasteiger partial charge in [-0.25, -0.2) is 0 Å². The van der Waals surface area contributed by atoms with Crippen molar-refractivity contribution in [3.63, 3.8) is 0 Å². The van der Waals surface area contributed by atoms with Crippen LogP contribution in [0.1, 0.15) is 5.56 Å². The van der Waals surface area contributed by atoms with Crippen molar-refractivity contribution in [3.8, 4) is 0 Å². The van der Waals surface area contributed by atoms with Gasteiger partial charge in [0.25, 0.3) is 0 Å². The Morgan fingerprint density at radius 3 is 1.90 bits per heavy atom. The normalized spacial score (nSPS) is 18.1. The minimum atomic E-state index is -1.89. The van der Waals surface area contributed by atoms with Crippen LogP contribution in [0.25, 0.3) is 6.08 Å². The summed E-state index contributed by atoms with van der Waals surface area (Å²) in [7, 11) is 0. The molecule has 0 radical (unpaired) electrons. The molecule has 4 atom stereocenters. The van der Waals surface area contributed by atoms with E-state index in [2.05, 4.69) is 6.58 Å². The summed E-state index contributed by atoms with van der Waals surface area (Å²) in [4.78, 5) is 0. The molecule has 6 heteroatoms. The third-order valence-electron chi connectivity index (χ3n) is 2.76. The molecule has 0 saturated heterocycles. The van der Waals surface area contributed by atoms with Crippen molar-refractivity contribution in [1.82, 2.24) is 0 Å². The first-order chi connectivity index (χ1) is 9.34. The van der Waals surface area contributed by atoms with Crippen molar-refractivity contribution in [2.45, 2.75) is 24.4 Å². The first-order valence-corrected chi connectivity index (χ1v) is 5.90. The molecule has 0 aromatic heterocycles. The molecule has 1 rings (SSSR count). The molecule has 0 spiro atoms. The van der Waals surface area contributed by atoms with E-state index in [0.29, 0.717) is 5.56 Å². The monoisotopic (exact) mass is 282 g/mol. The summed E-state index contributed by atoms with van der Waals surface area (Å²) in [6, 6.07) is 8.53. The Hall–Kier alpha value is -1.86. The molecule has 0 aliphatic rings. The lowest BCUT2D eigenvalue weighted by Crippen LogP contribution is -2.45. The standard InChI is InChI=1S/C14H18O6/c1-8(15)11(17)13(19)14(20)12(18)10(16)7-9-5-3-2-4-6-9/h2-7,11-20H,1H2/t11-,12+,13-,14-/m1/s1. The van der Waals surface area contributed by atoms with E-state index in [9.17, 15) is 25.5 Å². The molecule has 0 saturated carbocycles. The topological polar surface area (TPSA) is 121 Å². The fourth-order valence-corrected chi connectivity index (χ4v) is 1.55. The van der Waals surface area contributed by atoms with Gasteiger partial charge >= 0.3 is 0 Å². The highest BCUT2D eigenvalue weighted by atomic mass is 16.4. The Morgan fingerprint density at radius 2 is 1.40 bits per heavy atom. The zero-order chi connectivity index (χ0) is 15.3. The zero-order valence-electron chi connectivity index (χ0n) is 10.7. The maximum atomic E-state index is 9.70. The predicted octanol–water partition coefficient (Wildman–Crippen LogP) is 0.101. The van der Waals surface area contributed by atoms with Gasteiger partial charge in [0, 0.05) is 0 Å². The molecule has 0 heterocycles. The van der Waals surface area contributed by atoms with E-state index >= 15 is 0 Å². The largest absolute Gasteiger partial charge is 0.510 e. The number of aliphatic hydroxyl groups excluding tert-OH is 6. The minimum Gasteiger partial charge on any atom is -0.510 e. The summed E-state index contributed by atoms with van der Waals surface area (Å²) >= 11 is 0. The third kappa shape index (κ3) is 4.07. The number of hydrogen-bond donors (Lipinski definition) is 6. The van der Waals surface area contributed by atoms with Crippen molar-refractivity contribution in [3.05, 3.63) is 54.0 Å². The highest BCUT2D eigenvalue weighted by molar-refractivity contribution is 5.51. The molecule has 0 amide bonds. The molecule has 1 aromatic carbocycles. The lowest BCUT2D eigenvalue weighted by Gasteiger charge is -2.25. The molecule has 0 aliphatic carbocycles. The lowest BCUT2D eigenvalue weighted by molar-refractivity contribution is -0.0998. The van der Waals surface area contributed by atoms with Gasteiger partial charge in [0.1, 0.15) is 35.9 Å². The van der Waals surface area contributed by atoms with Gasteiger partial charge in [-0.05, 0) is 11.6 Å². The third-order valence-corrected chi connectivity index (χ3v) is 2.76. The molecule has 6 nitrogen and oxygen atoms in total. The Morgan fingerprint density at radius 1 is 0.900 bits per heavy atom. The molecule has 0 bridgehead atoms. The summed E-state index contributed by atoms with van der Waals surface area (Å²) in [5, 5.41) is 56.8. The van der Waals surface area contributed by atoms with E-state index in [1.807, 2.05) is 0 Å². The van der Waals surface area contributed by atoms with Crippen LogP contribution in [0, 0.1) is 0 Å². The Balaban J connectivity index is 2.80. The molecule has 110 valence electrons. The molecule has 0 unspecified atom stereocenters. The van der Waals surface area contributed by atoms with Gasteiger partial charge in [-0.1, -0.05) is 36.9 Å². The SMILES string of the molecule is C=C(O)[C@@H](O)[C@@H](O)[C@H](O)[C@@H](O)C(O)=Cc1ccccc1. The van der Waals surface area contributed by atoms with Crippen LogP contribution in [0.15, 0.2) is 48.4 Å². The van der Waals surface area contributed by atoms with Crippen molar-refractivity contribution in [2.24, 2.45) is 0 Å². The number of benzene rings is 1. The van der Waals surface area contributed by atoms with Crippen LogP contribution in [0.5, 0.6) is 0 Å². The van der Waals surface area contributed by atoms with E-state index in [1.165, 1.54) is 6.08 Å². The number of rotatable bonds is 6. The van der Waals surface area contributed by atoms with Gasteiger partial charge in [-0.3, -0.25) is 0 Å². The molecule has 6 N–H and O–H groups in total. The second kappa shape index (κ2) is 7.06. The average Bonchev–Trinajstić information content (AvgIpc) is 2.44. The fourth-order valence-electron chi connectivity index (χ4n) is 1.55.